The van der Waals surface area contributed by atoms with Gasteiger partial charge in [-0.25, -0.2) is 9.78 Å². The van der Waals surface area contributed by atoms with Gasteiger partial charge in [0.05, 0.1) is 15.8 Å². The van der Waals surface area contributed by atoms with Gasteiger partial charge in [-0.1, -0.05) is 23.5 Å². The van der Waals surface area contributed by atoms with Crippen molar-refractivity contribution in [1.82, 2.24) is 24.6 Å². The summed E-state index contributed by atoms with van der Waals surface area (Å²) in [6.07, 6.45) is 0.238. The van der Waals surface area contributed by atoms with E-state index in [0.29, 0.717) is 43.9 Å². The largest absolute Gasteiger partial charge is 0.431 e. The van der Waals surface area contributed by atoms with E-state index in [-0.39, 0.29) is 28.4 Å². The molecule has 1 spiro atoms. The van der Waals surface area contributed by atoms with Crippen molar-refractivity contribution in [1.29, 1.82) is 0 Å². The number of carbonyl (C=O) groups excluding carboxylic acids is 2. The second-order valence-corrected chi connectivity index (χ2v) is 11.8. The first-order valence-electron chi connectivity index (χ1n) is 13.7. The minimum Gasteiger partial charge on any atom is -0.431 e. The van der Waals surface area contributed by atoms with Crippen LogP contribution in [0.3, 0.4) is 0 Å². The summed E-state index contributed by atoms with van der Waals surface area (Å²) >= 11 is 1.28. The van der Waals surface area contributed by atoms with Crippen molar-refractivity contribution >= 4 is 39.3 Å². The molecule has 220 valence electrons. The molecule has 6 rings (SSSR count). The molecule has 9 nitrogen and oxygen atoms in total. The molecule has 2 aliphatic rings. The number of nitrogens with zero attached hydrogens (tertiary/aromatic N) is 5. The zero-order valence-electron chi connectivity index (χ0n) is 22.9. The number of para-hydroxylation sites is 1. The fraction of sp³-hybridized carbons (Fsp3) is 0.379. The Kier molecular flexibility index (Phi) is 7.39. The van der Waals surface area contributed by atoms with E-state index in [1.807, 2.05) is 24.3 Å². The quantitative estimate of drug-likeness (QED) is 0.287. The monoisotopic (exact) mass is 598 g/mol. The lowest BCUT2D eigenvalue weighted by atomic mass is 9.84. The lowest BCUT2D eigenvalue weighted by Gasteiger charge is -2.45. The average Bonchev–Trinajstić information content (AvgIpc) is 3.67. The maximum atomic E-state index is 13.9. The fourth-order valence-corrected chi connectivity index (χ4v) is 6.77. The number of likely N-dealkylation sites (tertiary alicyclic amines) is 2. The Labute approximate surface area is 243 Å². The number of aromatic nitrogens is 3. The molecule has 0 radical (unpaired) electrons. The maximum absolute atomic E-state index is 13.9. The van der Waals surface area contributed by atoms with E-state index in [4.69, 9.17) is 4.74 Å². The van der Waals surface area contributed by atoms with Crippen LogP contribution in [0, 0.1) is 0 Å². The van der Waals surface area contributed by atoms with Crippen LogP contribution < -0.4 is 10.1 Å². The predicted molar refractivity (Wildman–Crippen MR) is 152 cm³/mol. The molecule has 0 atom stereocenters. The number of hydrogen-bond acceptors (Lipinski definition) is 7. The number of benzene rings is 2. The smallest absolute Gasteiger partial charge is 0.416 e. The maximum Gasteiger partial charge on any atom is 0.416 e. The number of anilines is 1. The number of rotatable bonds is 5. The highest BCUT2D eigenvalue weighted by Crippen LogP contribution is 2.41. The molecule has 2 aromatic carbocycles. The number of amides is 2. The lowest BCUT2D eigenvalue weighted by Crippen LogP contribution is -2.53. The van der Waals surface area contributed by atoms with Crippen molar-refractivity contribution in [3.8, 4) is 10.9 Å². The lowest BCUT2D eigenvalue weighted by molar-refractivity contribution is -0.137. The zero-order valence-corrected chi connectivity index (χ0v) is 23.7. The average molecular weight is 599 g/mol. The summed E-state index contributed by atoms with van der Waals surface area (Å²) in [6.45, 7) is 3.47. The van der Waals surface area contributed by atoms with E-state index >= 15 is 0 Å². The Hall–Kier alpha value is -3.97. The zero-order chi connectivity index (χ0) is 29.5. The summed E-state index contributed by atoms with van der Waals surface area (Å²) in [4.78, 5) is 32.7. The van der Waals surface area contributed by atoms with Crippen molar-refractivity contribution in [2.24, 2.45) is 0 Å². The Morgan fingerprint density at radius 1 is 1.07 bits per heavy atom. The number of piperidine rings is 1. The van der Waals surface area contributed by atoms with Gasteiger partial charge in [-0.15, -0.1) is 5.10 Å². The molecule has 2 amide bonds. The molecular formula is C29H29F3N6O3S. The van der Waals surface area contributed by atoms with E-state index in [1.54, 1.807) is 17.0 Å². The molecule has 0 unspecified atom stereocenters. The summed E-state index contributed by atoms with van der Waals surface area (Å²) in [7, 11) is 0. The third-order valence-corrected chi connectivity index (χ3v) is 8.86. The van der Waals surface area contributed by atoms with Gasteiger partial charge in [-0.2, -0.15) is 17.9 Å². The molecule has 2 fully saturated rings. The second-order valence-electron chi connectivity index (χ2n) is 10.8. The van der Waals surface area contributed by atoms with Crippen LogP contribution in [-0.4, -0.2) is 61.7 Å². The predicted octanol–water partition coefficient (Wildman–Crippen LogP) is 6.36. The summed E-state index contributed by atoms with van der Waals surface area (Å²) in [6, 6.07) is 12.6. The molecule has 2 saturated heterocycles. The van der Waals surface area contributed by atoms with Gasteiger partial charge in [0.2, 0.25) is 5.91 Å². The van der Waals surface area contributed by atoms with E-state index in [9.17, 15) is 22.8 Å². The SMILES string of the molecule is CC(=O)Nc1ccn(C(=O)N2CCC3(CCCN3Cc3cc(Oc4nc5ccccc5s4)cc(C(F)(F)F)c3)CC2)n1. The van der Waals surface area contributed by atoms with Crippen molar-refractivity contribution < 1.29 is 27.5 Å². The highest BCUT2D eigenvalue weighted by atomic mass is 32.1. The number of ether oxygens (including phenoxy) is 1. The molecule has 4 aromatic rings. The Morgan fingerprint density at radius 3 is 2.60 bits per heavy atom. The summed E-state index contributed by atoms with van der Waals surface area (Å²) in [5, 5.41) is 6.99. The van der Waals surface area contributed by atoms with Crippen LogP contribution in [0.4, 0.5) is 23.8 Å². The van der Waals surface area contributed by atoms with Crippen molar-refractivity contribution in [3.63, 3.8) is 0 Å². The minimum absolute atomic E-state index is 0.102. The van der Waals surface area contributed by atoms with Gasteiger partial charge in [-0.3, -0.25) is 9.69 Å². The van der Waals surface area contributed by atoms with Gasteiger partial charge in [0.1, 0.15) is 5.75 Å². The number of thiazole rings is 1. The van der Waals surface area contributed by atoms with Gasteiger partial charge >= 0.3 is 12.2 Å². The first kappa shape index (κ1) is 28.2. The standard InChI is InChI=1S/C29H29F3N6O3S/c1-19(39)33-25-7-12-38(35-25)27(40)36-13-9-28(10-14-36)8-4-11-37(28)18-20-15-21(29(30,31)32)17-22(16-20)41-26-34-23-5-2-3-6-24(23)42-26/h2-3,5-7,12,15-17H,4,8-11,13-14,18H2,1H3,(H,33,35,39). The third kappa shape index (κ3) is 5.84. The normalized spacial score (nSPS) is 17.2. The molecule has 13 heteroatoms. The van der Waals surface area contributed by atoms with E-state index in [1.165, 1.54) is 35.2 Å². The van der Waals surface area contributed by atoms with Crippen LogP contribution in [0.2, 0.25) is 0 Å². The van der Waals surface area contributed by atoms with Crippen LogP contribution >= 0.6 is 11.3 Å². The van der Waals surface area contributed by atoms with Gasteiger partial charge in [-0.05, 0) is 68.1 Å². The Balaban J connectivity index is 1.17. The van der Waals surface area contributed by atoms with E-state index in [2.05, 4.69) is 20.3 Å². The summed E-state index contributed by atoms with van der Waals surface area (Å²) in [5.41, 5.74) is 0.282. The number of halogens is 3. The first-order chi connectivity index (χ1) is 20.1. The molecule has 4 heterocycles. The summed E-state index contributed by atoms with van der Waals surface area (Å²) in [5.74, 6) is 0.134. The number of carbonyl (C=O) groups is 2. The number of fused-ring (bicyclic) bond motifs is 1. The molecule has 42 heavy (non-hydrogen) atoms. The van der Waals surface area contributed by atoms with Crippen molar-refractivity contribution in [3.05, 3.63) is 65.9 Å². The first-order valence-corrected chi connectivity index (χ1v) is 14.5. The Bertz CT molecular complexity index is 1590. The summed E-state index contributed by atoms with van der Waals surface area (Å²) < 4.78 is 49.6. The third-order valence-electron chi connectivity index (χ3n) is 7.94. The van der Waals surface area contributed by atoms with Crippen LogP contribution in [0.15, 0.2) is 54.7 Å². The Morgan fingerprint density at radius 2 is 1.86 bits per heavy atom. The van der Waals surface area contributed by atoms with Crippen molar-refractivity contribution in [2.75, 3.05) is 25.0 Å². The second kappa shape index (κ2) is 11.0. The molecule has 2 aromatic heterocycles. The highest BCUT2D eigenvalue weighted by molar-refractivity contribution is 7.20. The van der Waals surface area contributed by atoms with Crippen LogP contribution in [0.25, 0.3) is 10.2 Å². The van der Waals surface area contributed by atoms with Crippen molar-refractivity contribution in [2.45, 2.75) is 50.9 Å². The van der Waals surface area contributed by atoms with Gasteiger partial charge in [0, 0.05) is 44.4 Å². The molecular weight excluding hydrogens is 569 g/mol. The number of nitrogens with one attached hydrogen (secondary N) is 1. The number of hydrogen-bond donors (Lipinski definition) is 1. The fourth-order valence-electron chi connectivity index (χ4n) is 5.93. The molecule has 1 N–H and O–H groups in total. The van der Waals surface area contributed by atoms with Crippen LogP contribution in [0.5, 0.6) is 10.9 Å². The highest BCUT2D eigenvalue weighted by Gasteiger charge is 2.44. The van der Waals surface area contributed by atoms with Gasteiger partial charge < -0.3 is 15.0 Å². The van der Waals surface area contributed by atoms with Gasteiger partial charge in [0.15, 0.2) is 5.82 Å². The molecule has 0 bridgehead atoms. The van der Waals surface area contributed by atoms with Gasteiger partial charge in [0.25, 0.3) is 5.19 Å². The van der Waals surface area contributed by atoms with Crippen LogP contribution in [-0.2, 0) is 17.5 Å². The van der Waals surface area contributed by atoms with E-state index < -0.39 is 11.7 Å². The topological polar surface area (TPSA) is 92.6 Å². The number of alkyl halides is 3. The molecule has 0 saturated carbocycles. The van der Waals surface area contributed by atoms with E-state index in [0.717, 1.165) is 35.7 Å². The van der Waals surface area contributed by atoms with Crippen LogP contribution in [0.1, 0.15) is 43.7 Å². The molecule has 2 aliphatic heterocycles. The minimum atomic E-state index is -4.53. The molecule has 0 aliphatic carbocycles.